The molecule has 0 aromatic heterocycles. The molecule has 1 aliphatic heterocycles. The molecule has 0 aliphatic carbocycles. The number of piperazine rings is 1. The first-order valence-electron chi connectivity index (χ1n) is 8.76. The molecular formula is C20H25N2O3+. The second-order valence-corrected chi connectivity index (χ2v) is 6.39. The summed E-state index contributed by atoms with van der Waals surface area (Å²) in [6.07, 6.45) is -0.508. The molecule has 1 heterocycles. The van der Waals surface area contributed by atoms with E-state index in [1.807, 2.05) is 65.6 Å². The zero-order chi connectivity index (χ0) is 17.5. The zero-order valence-corrected chi connectivity index (χ0v) is 14.3. The van der Waals surface area contributed by atoms with Crippen molar-refractivity contribution < 1.29 is 19.5 Å². The van der Waals surface area contributed by atoms with Crippen molar-refractivity contribution in [1.82, 2.24) is 4.90 Å². The van der Waals surface area contributed by atoms with Crippen molar-refractivity contribution in [2.24, 2.45) is 0 Å². The van der Waals surface area contributed by atoms with Gasteiger partial charge in [-0.05, 0) is 24.3 Å². The van der Waals surface area contributed by atoms with Crippen molar-refractivity contribution >= 4 is 5.91 Å². The fraction of sp³-hybridized carbons (Fsp3) is 0.350. The van der Waals surface area contributed by atoms with E-state index in [1.165, 1.54) is 4.90 Å². The average molecular weight is 341 g/mol. The topological polar surface area (TPSA) is 54.2 Å². The fourth-order valence-corrected chi connectivity index (χ4v) is 3.09. The van der Waals surface area contributed by atoms with Crippen molar-refractivity contribution in [1.29, 1.82) is 0 Å². The number of quaternary nitrogens is 1. The summed E-state index contributed by atoms with van der Waals surface area (Å²) < 4.78 is 5.60. The summed E-state index contributed by atoms with van der Waals surface area (Å²) >= 11 is 0. The molecule has 1 fully saturated rings. The summed E-state index contributed by atoms with van der Waals surface area (Å²) in [5, 5.41) is 10.2. The molecule has 2 aromatic carbocycles. The summed E-state index contributed by atoms with van der Waals surface area (Å²) in [6, 6.07) is 18.9. The predicted octanol–water partition coefficient (Wildman–Crippen LogP) is 0.467. The number of hydrogen-bond donors (Lipinski definition) is 2. The van der Waals surface area contributed by atoms with Gasteiger partial charge in [0.2, 0.25) is 0 Å². The molecule has 3 rings (SSSR count). The van der Waals surface area contributed by atoms with Crippen LogP contribution in [0.2, 0.25) is 0 Å². The van der Waals surface area contributed by atoms with E-state index in [-0.39, 0.29) is 5.91 Å². The number of nitrogens with one attached hydrogen (secondary N) is 1. The number of aliphatic hydroxyl groups excluding tert-OH is 1. The van der Waals surface area contributed by atoms with Gasteiger partial charge in [0, 0.05) is 5.56 Å². The van der Waals surface area contributed by atoms with E-state index in [0.717, 1.165) is 37.5 Å². The molecule has 2 N–H and O–H groups in total. The van der Waals surface area contributed by atoms with Gasteiger partial charge in [0.25, 0.3) is 5.91 Å². The van der Waals surface area contributed by atoms with Crippen LogP contribution in [-0.2, 0) is 0 Å². The van der Waals surface area contributed by atoms with Crippen molar-refractivity contribution in [3.8, 4) is 5.75 Å². The van der Waals surface area contributed by atoms with Gasteiger partial charge in [-0.3, -0.25) is 4.79 Å². The molecular weight excluding hydrogens is 316 g/mol. The maximum atomic E-state index is 12.4. The highest BCUT2D eigenvalue weighted by Gasteiger charge is 2.26. The number of nitrogens with zero attached hydrogens (tertiary/aromatic N) is 1. The van der Waals surface area contributed by atoms with E-state index in [0.29, 0.717) is 13.2 Å². The molecule has 25 heavy (non-hydrogen) atoms. The van der Waals surface area contributed by atoms with Crippen LogP contribution >= 0.6 is 0 Å². The maximum Gasteiger partial charge on any atom is 0.254 e. The van der Waals surface area contributed by atoms with Crippen LogP contribution in [0.3, 0.4) is 0 Å². The Balaban J connectivity index is 1.41. The van der Waals surface area contributed by atoms with Crippen molar-refractivity contribution in [2.75, 3.05) is 39.3 Å². The van der Waals surface area contributed by atoms with Gasteiger partial charge in [-0.1, -0.05) is 36.4 Å². The number of carbonyl (C=O) groups excluding carboxylic acids is 1. The normalized spacial score (nSPS) is 16.4. The SMILES string of the molecule is O=C(c1ccccc1)N1CC[NH+](CC(O)COc2ccccc2)CC1. The number of carbonyl (C=O) groups is 1. The van der Waals surface area contributed by atoms with Gasteiger partial charge in [0.15, 0.2) is 0 Å². The minimum Gasteiger partial charge on any atom is -0.491 e. The summed E-state index contributed by atoms with van der Waals surface area (Å²) in [5.41, 5.74) is 0.738. The van der Waals surface area contributed by atoms with Gasteiger partial charge in [0.05, 0.1) is 26.2 Å². The minimum atomic E-state index is -0.508. The van der Waals surface area contributed by atoms with Crippen LogP contribution in [0.4, 0.5) is 0 Å². The molecule has 132 valence electrons. The first-order valence-corrected chi connectivity index (χ1v) is 8.76. The molecule has 1 atom stereocenters. The van der Waals surface area contributed by atoms with E-state index in [9.17, 15) is 9.90 Å². The fourth-order valence-electron chi connectivity index (χ4n) is 3.09. The van der Waals surface area contributed by atoms with Gasteiger partial charge in [-0.15, -0.1) is 0 Å². The standard InChI is InChI=1S/C20H24N2O3/c23-18(16-25-19-9-5-2-6-10-19)15-21-11-13-22(14-12-21)20(24)17-7-3-1-4-8-17/h1-10,18,23H,11-16H2/p+1. The monoisotopic (exact) mass is 341 g/mol. The highest BCUT2D eigenvalue weighted by atomic mass is 16.5. The average Bonchev–Trinajstić information content (AvgIpc) is 2.68. The molecule has 0 saturated carbocycles. The molecule has 1 amide bonds. The van der Waals surface area contributed by atoms with E-state index in [1.54, 1.807) is 0 Å². The summed E-state index contributed by atoms with van der Waals surface area (Å²) in [6.45, 7) is 4.06. The molecule has 1 unspecified atom stereocenters. The second kappa shape index (κ2) is 8.65. The van der Waals surface area contributed by atoms with E-state index in [2.05, 4.69) is 0 Å². The van der Waals surface area contributed by atoms with E-state index >= 15 is 0 Å². The summed E-state index contributed by atoms with van der Waals surface area (Å²) in [4.78, 5) is 15.6. The van der Waals surface area contributed by atoms with Gasteiger partial charge in [0.1, 0.15) is 25.0 Å². The summed E-state index contributed by atoms with van der Waals surface area (Å²) in [7, 11) is 0. The number of rotatable bonds is 6. The third-order valence-corrected chi connectivity index (χ3v) is 4.49. The Labute approximate surface area is 148 Å². The lowest BCUT2D eigenvalue weighted by Crippen LogP contribution is -3.16. The van der Waals surface area contributed by atoms with Crippen LogP contribution in [-0.4, -0.2) is 61.3 Å². The van der Waals surface area contributed by atoms with Crippen LogP contribution in [0.25, 0.3) is 0 Å². The van der Waals surface area contributed by atoms with Crippen LogP contribution in [0.5, 0.6) is 5.75 Å². The van der Waals surface area contributed by atoms with Crippen molar-refractivity contribution in [2.45, 2.75) is 6.10 Å². The number of para-hydroxylation sites is 1. The molecule has 2 aromatic rings. The molecule has 0 bridgehead atoms. The first-order chi connectivity index (χ1) is 12.2. The molecule has 1 saturated heterocycles. The van der Waals surface area contributed by atoms with Crippen LogP contribution in [0.1, 0.15) is 10.4 Å². The predicted molar refractivity (Wildman–Crippen MR) is 95.9 cm³/mol. The smallest absolute Gasteiger partial charge is 0.254 e. The van der Waals surface area contributed by atoms with Crippen LogP contribution in [0, 0.1) is 0 Å². The maximum absolute atomic E-state index is 12.4. The molecule has 0 radical (unpaired) electrons. The largest absolute Gasteiger partial charge is 0.491 e. The molecule has 1 aliphatic rings. The Morgan fingerprint density at radius 1 is 1.04 bits per heavy atom. The molecule has 5 nitrogen and oxygen atoms in total. The zero-order valence-electron chi connectivity index (χ0n) is 14.3. The van der Waals surface area contributed by atoms with Gasteiger partial charge in [-0.2, -0.15) is 0 Å². The Morgan fingerprint density at radius 3 is 2.28 bits per heavy atom. The minimum absolute atomic E-state index is 0.0904. The van der Waals surface area contributed by atoms with E-state index < -0.39 is 6.10 Å². The number of benzene rings is 2. The van der Waals surface area contributed by atoms with Crippen molar-refractivity contribution in [3.63, 3.8) is 0 Å². The van der Waals surface area contributed by atoms with Gasteiger partial charge >= 0.3 is 0 Å². The Hall–Kier alpha value is -2.37. The lowest BCUT2D eigenvalue weighted by Gasteiger charge is -2.33. The Kier molecular flexibility index (Phi) is 6.04. The second-order valence-electron chi connectivity index (χ2n) is 6.39. The lowest BCUT2D eigenvalue weighted by atomic mass is 10.2. The first kappa shape index (κ1) is 17.5. The van der Waals surface area contributed by atoms with Gasteiger partial charge in [-0.25, -0.2) is 0 Å². The Bertz CT molecular complexity index is 655. The highest BCUT2D eigenvalue weighted by molar-refractivity contribution is 5.94. The van der Waals surface area contributed by atoms with E-state index in [4.69, 9.17) is 4.74 Å². The van der Waals surface area contributed by atoms with Crippen LogP contribution in [0.15, 0.2) is 60.7 Å². The highest BCUT2D eigenvalue weighted by Crippen LogP contribution is 2.08. The number of ether oxygens (including phenoxy) is 1. The summed E-state index contributed by atoms with van der Waals surface area (Å²) in [5.74, 6) is 0.863. The lowest BCUT2D eigenvalue weighted by molar-refractivity contribution is -0.907. The number of aliphatic hydroxyl groups is 1. The third-order valence-electron chi connectivity index (χ3n) is 4.49. The quantitative estimate of drug-likeness (QED) is 0.803. The number of hydrogen-bond acceptors (Lipinski definition) is 3. The Morgan fingerprint density at radius 2 is 1.64 bits per heavy atom. The van der Waals surface area contributed by atoms with Gasteiger partial charge < -0.3 is 19.6 Å². The van der Waals surface area contributed by atoms with Crippen molar-refractivity contribution in [3.05, 3.63) is 66.2 Å². The third kappa shape index (κ3) is 5.05. The molecule has 5 heteroatoms. The van der Waals surface area contributed by atoms with Crippen LogP contribution < -0.4 is 9.64 Å². The molecule has 0 spiro atoms. The number of amides is 1.